The van der Waals surface area contributed by atoms with Crippen LogP contribution in [-0.2, 0) is 9.53 Å². The summed E-state index contributed by atoms with van der Waals surface area (Å²) in [5, 5.41) is 19.6. The highest BCUT2D eigenvalue weighted by molar-refractivity contribution is 7.99. The van der Waals surface area contributed by atoms with Crippen molar-refractivity contribution in [1.82, 2.24) is 0 Å². The van der Waals surface area contributed by atoms with Crippen molar-refractivity contribution in [3.8, 4) is 6.07 Å². The van der Waals surface area contributed by atoms with Crippen molar-refractivity contribution < 1.29 is 14.5 Å². The number of hydrogen-bond acceptors (Lipinski definition) is 6. The number of benzene rings is 1. The molecule has 0 saturated heterocycles. The van der Waals surface area contributed by atoms with Gasteiger partial charge in [0.15, 0.2) is 0 Å². The van der Waals surface area contributed by atoms with Crippen LogP contribution in [-0.4, -0.2) is 23.8 Å². The minimum atomic E-state index is -0.591. The van der Waals surface area contributed by atoms with Crippen molar-refractivity contribution in [2.75, 3.05) is 12.9 Å². The third kappa shape index (κ3) is 3.96. The molecule has 1 rings (SSSR count). The molecule has 0 spiro atoms. The molecule has 1 aromatic carbocycles. The normalized spacial score (nSPS) is 11.4. The quantitative estimate of drug-likeness (QED) is 0.356. The zero-order valence-electron chi connectivity index (χ0n) is 10.5. The molecule has 0 N–H and O–H groups in total. The average Bonchev–Trinajstić information content (AvgIpc) is 2.43. The number of ether oxygens (including phenoxy) is 1. The maximum Gasteiger partial charge on any atom is 0.309 e. The van der Waals surface area contributed by atoms with Gasteiger partial charge in [-0.15, -0.1) is 11.8 Å². The number of nitriles is 1. The summed E-state index contributed by atoms with van der Waals surface area (Å²) >= 11 is 1.31. The van der Waals surface area contributed by atoms with Crippen LogP contribution < -0.4 is 0 Å². The Morgan fingerprint density at radius 3 is 2.84 bits per heavy atom. The third-order valence-corrected chi connectivity index (χ3v) is 3.64. The van der Waals surface area contributed by atoms with Gasteiger partial charge >= 0.3 is 5.97 Å². The Bertz CT molecular complexity index is 539. The van der Waals surface area contributed by atoms with E-state index in [0.29, 0.717) is 10.6 Å². The zero-order valence-corrected chi connectivity index (χ0v) is 11.3. The van der Waals surface area contributed by atoms with Crippen LogP contribution in [0.3, 0.4) is 0 Å². The molecular weight excluding hydrogens is 268 g/mol. The van der Waals surface area contributed by atoms with E-state index in [2.05, 4.69) is 4.74 Å². The van der Waals surface area contributed by atoms with Gasteiger partial charge in [-0.2, -0.15) is 5.26 Å². The number of methoxy groups -OCH3 is 1. The Labute approximate surface area is 114 Å². The second-order valence-corrected chi connectivity index (χ2v) is 4.88. The van der Waals surface area contributed by atoms with Crippen LogP contribution in [0.2, 0.25) is 0 Å². The van der Waals surface area contributed by atoms with Crippen LogP contribution in [0.15, 0.2) is 23.1 Å². The Morgan fingerprint density at radius 2 is 2.32 bits per heavy atom. The van der Waals surface area contributed by atoms with Gasteiger partial charge in [0.25, 0.3) is 5.69 Å². The van der Waals surface area contributed by atoms with E-state index in [1.54, 1.807) is 19.1 Å². The first kappa shape index (κ1) is 15.0. The summed E-state index contributed by atoms with van der Waals surface area (Å²) in [7, 11) is 1.32. The molecule has 7 heteroatoms. The van der Waals surface area contributed by atoms with Crippen molar-refractivity contribution in [3.05, 3.63) is 33.9 Å². The standard InChI is InChI=1S/C12H12N2O4S/c1-8(12(15)18-2)7-19-10-4-3-9(6-13)11(5-10)14(16)17/h3-5,8H,7H2,1-2H3. The highest BCUT2D eigenvalue weighted by atomic mass is 32.2. The molecule has 0 aliphatic rings. The molecule has 19 heavy (non-hydrogen) atoms. The lowest BCUT2D eigenvalue weighted by molar-refractivity contribution is -0.385. The van der Waals surface area contributed by atoms with Gasteiger partial charge in [-0.3, -0.25) is 14.9 Å². The largest absolute Gasteiger partial charge is 0.469 e. The molecule has 0 heterocycles. The van der Waals surface area contributed by atoms with E-state index in [0.717, 1.165) is 0 Å². The van der Waals surface area contributed by atoms with Crippen LogP contribution in [0.5, 0.6) is 0 Å². The Balaban J connectivity index is 2.81. The predicted molar refractivity (Wildman–Crippen MR) is 69.7 cm³/mol. The second kappa shape index (κ2) is 6.75. The van der Waals surface area contributed by atoms with Crippen molar-refractivity contribution >= 4 is 23.4 Å². The average molecular weight is 280 g/mol. The van der Waals surface area contributed by atoms with Gasteiger partial charge in [0.2, 0.25) is 0 Å². The summed E-state index contributed by atoms with van der Waals surface area (Å²) in [6.45, 7) is 1.72. The van der Waals surface area contributed by atoms with E-state index < -0.39 is 4.92 Å². The van der Waals surface area contributed by atoms with Crippen LogP contribution in [0.1, 0.15) is 12.5 Å². The lowest BCUT2D eigenvalue weighted by atomic mass is 10.2. The monoisotopic (exact) mass is 280 g/mol. The molecule has 0 saturated carbocycles. The molecule has 6 nitrogen and oxygen atoms in total. The van der Waals surface area contributed by atoms with Gasteiger partial charge < -0.3 is 4.74 Å². The summed E-state index contributed by atoms with van der Waals surface area (Å²) in [6.07, 6.45) is 0. The molecule has 0 aromatic heterocycles. The molecule has 0 fully saturated rings. The van der Waals surface area contributed by atoms with Crippen LogP contribution in [0.25, 0.3) is 0 Å². The molecule has 1 aromatic rings. The predicted octanol–water partition coefficient (Wildman–Crippen LogP) is 2.37. The van der Waals surface area contributed by atoms with E-state index in [4.69, 9.17) is 5.26 Å². The number of carbonyl (C=O) groups is 1. The van der Waals surface area contributed by atoms with Crippen LogP contribution in [0.4, 0.5) is 5.69 Å². The fourth-order valence-electron chi connectivity index (χ4n) is 1.34. The Morgan fingerprint density at radius 1 is 1.63 bits per heavy atom. The van der Waals surface area contributed by atoms with Crippen molar-refractivity contribution in [1.29, 1.82) is 5.26 Å². The van der Waals surface area contributed by atoms with Crippen LogP contribution in [0, 0.1) is 27.4 Å². The fraction of sp³-hybridized carbons (Fsp3) is 0.333. The molecule has 1 unspecified atom stereocenters. The number of hydrogen-bond donors (Lipinski definition) is 0. The lowest BCUT2D eigenvalue weighted by Gasteiger charge is -2.08. The maximum absolute atomic E-state index is 11.2. The first-order chi connectivity index (χ1) is 8.99. The van der Waals surface area contributed by atoms with Crippen molar-refractivity contribution in [2.24, 2.45) is 5.92 Å². The summed E-state index contributed by atoms with van der Waals surface area (Å²) < 4.78 is 4.60. The summed E-state index contributed by atoms with van der Waals surface area (Å²) in [5.74, 6) is -0.171. The minimum Gasteiger partial charge on any atom is -0.469 e. The Hall–Kier alpha value is -2.07. The van der Waals surface area contributed by atoms with E-state index in [1.165, 1.54) is 31.0 Å². The van der Waals surface area contributed by atoms with Gasteiger partial charge in [0.1, 0.15) is 11.6 Å². The maximum atomic E-state index is 11.2. The molecule has 0 aliphatic carbocycles. The first-order valence-electron chi connectivity index (χ1n) is 5.38. The molecule has 0 bridgehead atoms. The number of rotatable bonds is 5. The number of carbonyl (C=O) groups excluding carboxylic acids is 1. The van der Waals surface area contributed by atoms with Gasteiger partial charge in [-0.25, -0.2) is 0 Å². The van der Waals surface area contributed by atoms with Gasteiger partial charge in [-0.05, 0) is 12.1 Å². The number of esters is 1. The lowest BCUT2D eigenvalue weighted by Crippen LogP contribution is -2.14. The molecule has 0 aliphatic heterocycles. The molecule has 0 radical (unpaired) electrons. The SMILES string of the molecule is COC(=O)C(C)CSc1ccc(C#N)c([N+](=O)[O-])c1. The second-order valence-electron chi connectivity index (χ2n) is 3.78. The first-order valence-corrected chi connectivity index (χ1v) is 6.37. The fourth-order valence-corrected chi connectivity index (χ4v) is 2.28. The summed E-state index contributed by atoms with van der Waals surface area (Å²) in [6, 6.07) is 6.14. The minimum absolute atomic E-state index is 0.0235. The van der Waals surface area contributed by atoms with Crippen molar-refractivity contribution in [3.63, 3.8) is 0 Å². The summed E-state index contributed by atoms with van der Waals surface area (Å²) in [4.78, 5) is 22.1. The van der Waals surface area contributed by atoms with Gasteiger partial charge in [-0.1, -0.05) is 6.92 Å². The zero-order chi connectivity index (χ0) is 14.4. The number of thioether (sulfide) groups is 1. The number of nitro benzene ring substituents is 1. The number of nitrogens with zero attached hydrogens (tertiary/aromatic N) is 2. The van der Waals surface area contributed by atoms with E-state index in [9.17, 15) is 14.9 Å². The van der Waals surface area contributed by atoms with Crippen molar-refractivity contribution in [2.45, 2.75) is 11.8 Å². The van der Waals surface area contributed by atoms with E-state index in [-0.39, 0.29) is 23.1 Å². The highest BCUT2D eigenvalue weighted by Gasteiger charge is 2.17. The highest BCUT2D eigenvalue weighted by Crippen LogP contribution is 2.27. The molecular formula is C12H12N2O4S. The van der Waals surface area contributed by atoms with E-state index >= 15 is 0 Å². The molecule has 1 atom stereocenters. The molecule has 0 amide bonds. The smallest absolute Gasteiger partial charge is 0.309 e. The van der Waals surface area contributed by atoms with Gasteiger partial charge in [0.05, 0.1) is 18.0 Å². The summed E-state index contributed by atoms with van der Waals surface area (Å²) in [5.41, 5.74) is -0.200. The van der Waals surface area contributed by atoms with E-state index in [1.807, 2.05) is 0 Å². The molecule has 100 valence electrons. The van der Waals surface area contributed by atoms with Gasteiger partial charge in [0, 0.05) is 16.7 Å². The Kier molecular flexibility index (Phi) is 5.33. The topological polar surface area (TPSA) is 93.2 Å². The third-order valence-electron chi connectivity index (χ3n) is 2.39. The van der Waals surface area contributed by atoms with Crippen LogP contribution >= 0.6 is 11.8 Å². The number of nitro groups is 1.